The summed E-state index contributed by atoms with van der Waals surface area (Å²) in [5.74, 6) is 1.74. The lowest BCUT2D eigenvalue weighted by atomic mass is 9.69. The number of hydrogen-bond acceptors (Lipinski definition) is 1. The van der Waals surface area contributed by atoms with Crippen LogP contribution in [0.25, 0.3) is 10.8 Å². The second kappa shape index (κ2) is 5.85. The van der Waals surface area contributed by atoms with E-state index < -0.39 is 0 Å². The van der Waals surface area contributed by atoms with Gasteiger partial charge in [-0.1, -0.05) is 74.4 Å². The first-order valence-corrected chi connectivity index (χ1v) is 10.4. The number of fused-ring (bicyclic) bond motifs is 6. The topological polar surface area (TPSA) is 9.23 Å². The van der Waals surface area contributed by atoms with Gasteiger partial charge in [-0.05, 0) is 47.8 Å². The highest BCUT2D eigenvalue weighted by atomic mass is 79.9. The Labute approximate surface area is 164 Å². The van der Waals surface area contributed by atoms with Crippen LogP contribution in [0.15, 0.2) is 68.7 Å². The molecule has 0 N–H and O–H groups in total. The van der Waals surface area contributed by atoms with Crippen molar-refractivity contribution in [3.05, 3.63) is 74.2 Å². The van der Waals surface area contributed by atoms with Crippen molar-refractivity contribution in [2.24, 2.45) is 5.92 Å². The first kappa shape index (κ1) is 15.9. The maximum atomic E-state index is 6.38. The van der Waals surface area contributed by atoms with Crippen LogP contribution >= 0.6 is 31.9 Å². The van der Waals surface area contributed by atoms with E-state index in [-0.39, 0.29) is 6.10 Å². The molecule has 0 saturated carbocycles. The van der Waals surface area contributed by atoms with Crippen molar-refractivity contribution in [3.63, 3.8) is 0 Å². The molecule has 0 bridgehead atoms. The molecule has 3 atom stereocenters. The fourth-order valence-electron chi connectivity index (χ4n) is 4.59. The third kappa shape index (κ3) is 2.32. The van der Waals surface area contributed by atoms with Gasteiger partial charge in [-0.15, -0.1) is 0 Å². The first-order chi connectivity index (χ1) is 12.1. The Hall–Kier alpha value is -1.32. The van der Waals surface area contributed by atoms with Crippen LogP contribution in [-0.2, 0) is 0 Å². The zero-order chi connectivity index (χ0) is 17.1. The minimum absolute atomic E-state index is 0.155. The van der Waals surface area contributed by atoms with Crippen molar-refractivity contribution in [3.8, 4) is 5.75 Å². The molecule has 2 aromatic rings. The molecule has 0 spiro atoms. The van der Waals surface area contributed by atoms with Crippen LogP contribution in [0.5, 0.6) is 5.75 Å². The Morgan fingerprint density at radius 2 is 1.92 bits per heavy atom. The van der Waals surface area contributed by atoms with Crippen molar-refractivity contribution in [1.82, 2.24) is 0 Å². The second-order valence-corrected chi connectivity index (χ2v) is 8.79. The van der Waals surface area contributed by atoms with Crippen molar-refractivity contribution in [2.45, 2.75) is 31.8 Å². The number of rotatable bonds is 0. The highest BCUT2D eigenvalue weighted by Gasteiger charge is 2.41. The summed E-state index contributed by atoms with van der Waals surface area (Å²) in [5, 5.41) is 2.56. The van der Waals surface area contributed by atoms with Gasteiger partial charge < -0.3 is 4.74 Å². The molecule has 2 aromatic carbocycles. The molecule has 5 rings (SSSR count). The normalized spacial score (nSPS) is 27.3. The SMILES string of the molecule is C[C@H]1Oc2cc(Br)c3ccccc3c2C2C3=C(CCC=C3)C(Br)=CC21. The van der Waals surface area contributed by atoms with Crippen molar-refractivity contribution < 1.29 is 4.74 Å². The molecular formula is C22H18Br2O. The zero-order valence-electron chi connectivity index (χ0n) is 13.9. The van der Waals surface area contributed by atoms with Crippen LogP contribution in [-0.4, -0.2) is 6.10 Å². The Bertz CT molecular complexity index is 983. The third-order valence-corrected chi connectivity index (χ3v) is 7.12. The Morgan fingerprint density at radius 3 is 2.76 bits per heavy atom. The second-order valence-electron chi connectivity index (χ2n) is 7.08. The van der Waals surface area contributed by atoms with Gasteiger partial charge in [0.1, 0.15) is 11.9 Å². The summed E-state index contributed by atoms with van der Waals surface area (Å²) in [4.78, 5) is 0. The van der Waals surface area contributed by atoms with Crippen molar-refractivity contribution in [2.75, 3.05) is 0 Å². The molecule has 0 radical (unpaired) electrons. The molecule has 2 unspecified atom stereocenters. The van der Waals surface area contributed by atoms with E-state index in [2.05, 4.69) is 87.3 Å². The number of halogens is 2. The summed E-state index contributed by atoms with van der Waals surface area (Å²) in [7, 11) is 0. The van der Waals surface area contributed by atoms with Gasteiger partial charge >= 0.3 is 0 Å². The molecule has 2 aliphatic carbocycles. The fourth-order valence-corrected chi connectivity index (χ4v) is 5.87. The average molecular weight is 458 g/mol. The molecule has 1 aliphatic heterocycles. The molecule has 1 nitrogen and oxygen atoms in total. The lowest BCUT2D eigenvalue weighted by Gasteiger charge is -2.42. The van der Waals surface area contributed by atoms with E-state index in [9.17, 15) is 0 Å². The van der Waals surface area contributed by atoms with E-state index in [1.807, 2.05) is 0 Å². The third-order valence-electron chi connectivity index (χ3n) is 5.72. The van der Waals surface area contributed by atoms with Gasteiger partial charge in [-0.2, -0.15) is 0 Å². The molecule has 0 saturated heterocycles. The monoisotopic (exact) mass is 456 g/mol. The molecule has 25 heavy (non-hydrogen) atoms. The van der Waals surface area contributed by atoms with E-state index in [4.69, 9.17) is 4.74 Å². The molecular weight excluding hydrogens is 440 g/mol. The van der Waals surface area contributed by atoms with E-state index in [0.29, 0.717) is 11.8 Å². The van der Waals surface area contributed by atoms with E-state index in [1.54, 1.807) is 0 Å². The van der Waals surface area contributed by atoms with Crippen molar-refractivity contribution in [1.29, 1.82) is 0 Å². The quantitative estimate of drug-likeness (QED) is 0.412. The summed E-state index contributed by atoms with van der Waals surface area (Å²) >= 11 is 7.56. The summed E-state index contributed by atoms with van der Waals surface area (Å²) < 4.78 is 8.74. The zero-order valence-corrected chi connectivity index (χ0v) is 17.1. The van der Waals surface area contributed by atoms with Crippen LogP contribution in [0.2, 0.25) is 0 Å². The van der Waals surface area contributed by atoms with Crippen LogP contribution in [0.1, 0.15) is 31.2 Å². The van der Waals surface area contributed by atoms with Gasteiger partial charge in [0.2, 0.25) is 0 Å². The van der Waals surface area contributed by atoms with Gasteiger partial charge in [-0.3, -0.25) is 0 Å². The average Bonchev–Trinajstić information content (AvgIpc) is 2.63. The number of hydrogen-bond donors (Lipinski definition) is 0. The molecule has 3 heteroatoms. The molecule has 1 heterocycles. The molecule has 0 amide bonds. The summed E-state index contributed by atoms with van der Waals surface area (Å²) in [6.45, 7) is 2.19. The van der Waals surface area contributed by atoms with Crippen LogP contribution in [0, 0.1) is 5.92 Å². The van der Waals surface area contributed by atoms with Crippen LogP contribution < -0.4 is 4.74 Å². The maximum Gasteiger partial charge on any atom is 0.125 e. The number of benzene rings is 2. The largest absolute Gasteiger partial charge is 0.490 e. The van der Waals surface area contributed by atoms with E-state index >= 15 is 0 Å². The van der Waals surface area contributed by atoms with Crippen LogP contribution in [0.4, 0.5) is 0 Å². The highest BCUT2D eigenvalue weighted by Crippen LogP contribution is 2.54. The van der Waals surface area contributed by atoms with Gasteiger partial charge in [0.05, 0.1) is 0 Å². The molecule has 3 aliphatic rings. The lowest BCUT2D eigenvalue weighted by molar-refractivity contribution is 0.141. The van der Waals surface area contributed by atoms with Crippen LogP contribution in [0.3, 0.4) is 0 Å². The summed E-state index contributed by atoms with van der Waals surface area (Å²) in [5.41, 5.74) is 4.28. The Kier molecular flexibility index (Phi) is 3.72. The standard InChI is InChI=1S/C22H18Br2O/c1-12-17-10-18(23)13-6-2-4-8-15(13)21(17)22-16-9-5-3-7-14(16)19(24)11-20(22)25-12/h3-5,7-12,17,21H,2,6H2,1H3/t12-,17?,21?/m1/s1. The minimum atomic E-state index is 0.155. The Morgan fingerprint density at radius 1 is 1.12 bits per heavy atom. The predicted octanol–water partition coefficient (Wildman–Crippen LogP) is 7.02. The number of allylic oxidation sites excluding steroid dienone is 5. The van der Waals surface area contributed by atoms with E-state index in [1.165, 1.54) is 32.0 Å². The molecule has 0 fully saturated rings. The van der Waals surface area contributed by atoms with Gasteiger partial charge in [0.15, 0.2) is 0 Å². The number of ether oxygens (including phenoxy) is 1. The minimum Gasteiger partial charge on any atom is -0.490 e. The van der Waals surface area contributed by atoms with Gasteiger partial charge in [-0.25, -0.2) is 0 Å². The van der Waals surface area contributed by atoms with Gasteiger partial charge in [0, 0.05) is 26.4 Å². The fraction of sp³-hybridized carbons (Fsp3) is 0.273. The highest BCUT2D eigenvalue weighted by molar-refractivity contribution is 9.12. The summed E-state index contributed by atoms with van der Waals surface area (Å²) in [6, 6.07) is 10.8. The smallest absolute Gasteiger partial charge is 0.125 e. The van der Waals surface area contributed by atoms with Crippen molar-refractivity contribution >= 4 is 42.6 Å². The van der Waals surface area contributed by atoms with Gasteiger partial charge in [0.25, 0.3) is 0 Å². The predicted molar refractivity (Wildman–Crippen MR) is 110 cm³/mol. The lowest BCUT2D eigenvalue weighted by Crippen LogP contribution is -2.36. The maximum absolute atomic E-state index is 6.38. The Balaban J connectivity index is 1.84. The summed E-state index contributed by atoms with van der Waals surface area (Å²) in [6.07, 6.45) is 9.45. The van der Waals surface area contributed by atoms with E-state index in [0.717, 1.165) is 23.1 Å². The first-order valence-electron chi connectivity index (χ1n) is 8.80. The molecule has 0 aromatic heterocycles. The molecule has 126 valence electrons.